The van der Waals surface area contributed by atoms with Crippen LogP contribution in [-0.2, 0) is 17.8 Å². The molecule has 2 aromatic rings. The van der Waals surface area contributed by atoms with Gasteiger partial charge in [-0.1, -0.05) is 30.4 Å². The summed E-state index contributed by atoms with van der Waals surface area (Å²) in [6, 6.07) is 8.39. The molecule has 2 heterocycles. The van der Waals surface area contributed by atoms with Crippen LogP contribution in [0, 0.1) is 5.92 Å². The van der Waals surface area contributed by atoms with Crippen molar-refractivity contribution in [3.63, 3.8) is 0 Å². The molecule has 4 rings (SSSR count). The first kappa shape index (κ1) is 12.7. The molecule has 0 spiro atoms. The summed E-state index contributed by atoms with van der Waals surface area (Å²) >= 11 is 0. The number of para-hydroxylation sites is 1. The number of hydrogen-bond acceptors (Lipinski definition) is 1. The predicted octanol–water partition coefficient (Wildman–Crippen LogP) is 3.41. The van der Waals surface area contributed by atoms with E-state index in [0.29, 0.717) is 18.2 Å². The van der Waals surface area contributed by atoms with Crippen molar-refractivity contribution in [2.45, 2.75) is 32.2 Å². The van der Waals surface area contributed by atoms with E-state index in [-0.39, 0.29) is 0 Å². The summed E-state index contributed by atoms with van der Waals surface area (Å²) in [5.41, 5.74) is 3.81. The second kappa shape index (κ2) is 5.06. The van der Waals surface area contributed by atoms with Gasteiger partial charge in [-0.05, 0) is 24.8 Å². The van der Waals surface area contributed by atoms with Crippen molar-refractivity contribution in [1.82, 2.24) is 9.88 Å². The zero-order valence-electron chi connectivity index (χ0n) is 12.1. The lowest BCUT2D eigenvalue weighted by Crippen LogP contribution is -2.36. The molecule has 0 saturated carbocycles. The third-order valence-corrected chi connectivity index (χ3v) is 4.78. The summed E-state index contributed by atoms with van der Waals surface area (Å²) in [7, 11) is 0. The molecule has 1 aliphatic heterocycles. The van der Waals surface area contributed by atoms with Crippen LogP contribution in [0.2, 0.25) is 0 Å². The number of nitrogens with zero attached hydrogens (tertiary/aromatic N) is 1. The summed E-state index contributed by atoms with van der Waals surface area (Å²) < 4.78 is 0. The Morgan fingerprint density at radius 1 is 1.33 bits per heavy atom. The number of aromatic nitrogens is 1. The number of allylic oxidation sites excluding steroid dienone is 2. The van der Waals surface area contributed by atoms with Crippen LogP contribution in [0.5, 0.6) is 0 Å². The van der Waals surface area contributed by atoms with E-state index in [1.165, 1.54) is 22.2 Å². The molecule has 0 fully saturated rings. The maximum Gasteiger partial charge on any atom is 0.223 e. The highest BCUT2D eigenvalue weighted by molar-refractivity contribution is 5.86. The fraction of sp³-hybridized carbons (Fsp3) is 0.389. The quantitative estimate of drug-likeness (QED) is 0.841. The normalized spacial score (nSPS) is 21.0. The molecule has 108 valence electrons. The van der Waals surface area contributed by atoms with Crippen molar-refractivity contribution in [3.8, 4) is 0 Å². The Morgan fingerprint density at radius 3 is 3.10 bits per heavy atom. The van der Waals surface area contributed by atoms with E-state index >= 15 is 0 Å². The SMILES string of the molecule is O=C(C[C@@H]1C=CCC1)N1CCc2[nH]c3ccccc3c2C1. The van der Waals surface area contributed by atoms with E-state index in [4.69, 9.17) is 0 Å². The summed E-state index contributed by atoms with van der Waals surface area (Å²) in [5.74, 6) is 0.768. The van der Waals surface area contributed by atoms with Gasteiger partial charge in [-0.2, -0.15) is 0 Å². The molecule has 1 aromatic carbocycles. The van der Waals surface area contributed by atoms with E-state index < -0.39 is 0 Å². The highest BCUT2D eigenvalue weighted by Gasteiger charge is 2.25. The van der Waals surface area contributed by atoms with Gasteiger partial charge < -0.3 is 9.88 Å². The number of benzene rings is 1. The second-order valence-electron chi connectivity index (χ2n) is 6.16. The molecule has 1 atom stereocenters. The molecule has 1 aromatic heterocycles. The number of nitrogens with one attached hydrogen (secondary N) is 1. The predicted molar refractivity (Wildman–Crippen MR) is 83.9 cm³/mol. The van der Waals surface area contributed by atoms with Crippen LogP contribution in [0.25, 0.3) is 10.9 Å². The van der Waals surface area contributed by atoms with Crippen LogP contribution in [0.3, 0.4) is 0 Å². The Bertz CT molecular complexity index is 713. The first-order valence-corrected chi connectivity index (χ1v) is 7.84. The van der Waals surface area contributed by atoms with Gasteiger partial charge in [0, 0.05) is 48.1 Å². The minimum atomic E-state index is 0.308. The number of carbonyl (C=O) groups is 1. The summed E-state index contributed by atoms with van der Waals surface area (Å²) in [6.45, 7) is 1.60. The van der Waals surface area contributed by atoms with Gasteiger partial charge in [0.05, 0.1) is 0 Å². The highest BCUT2D eigenvalue weighted by Crippen LogP contribution is 2.29. The standard InChI is InChI=1S/C18H20N2O/c21-18(11-13-5-1-2-6-13)20-10-9-17-15(12-20)14-7-3-4-8-16(14)19-17/h1,3-5,7-8,13,19H,2,6,9-12H2/t13-/m1/s1. The van der Waals surface area contributed by atoms with Crippen molar-refractivity contribution in [2.24, 2.45) is 5.92 Å². The average molecular weight is 280 g/mol. The summed E-state index contributed by atoms with van der Waals surface area (Å²) in [6.07, 6.45) is 8.29. The Hall–Kier alpha value is -2.03. The lowest BCUT2D eigenvalue weighted by atomic mass is 10.0. The second-order valence-corrected chi connectivity index (χ2v) is 6.16. The van der Waals surface area contributed by atoms with Gasteiger partial charge in [-0.3, -0.25) is 4.79 Å². The van der Waals surface area contributed by atoms with Crippen LogP contribution >= 0.6 is 0 Å². The van der Waals surface area contributed by atoms with Crippen LogP contribution in [-0.4, -0.2) is 22.3 Å². The van der Waals surface area contributed by atoms with Crippen LogP contribution < -0.4 is 0 Å². The van der Waals surface area contributed by atoms with Crippen LogP contribution in [0.4, 0.5) is 0 Å². The Balaban J connectivity index is 1.55. The topological polar surface area (TPSA) is 36.1 Å². The minimum Gasteiger partial charge on any atom is -0.358 e. The first-order chi connectivity index (χ1) is 10.3. The monoisotopic (exact) mass is 280 g/mol. The lowest BCUT2D eigenvalue weighted by Gasteiger charge is -2.28. The smallest absolute Gasteiger partial charge is 0.223 e. The van der Waals surface area contributed by atoms with Crippen molar-refractivity contribution >= 4 is 16.8 Å². The molecule has 1 aliphatic carbocycles. The summed E-state index contributed by atoms with van der Waals surface area (Å²) in [4.78, 5) is 18.0. The van der Waals surface area contributed by atoms with Gasteiger partial charge in [0.2, 0.25) is 5.91 Å². The fourth-order valence-electron chi connectivity index (χ4n) is 3.60. The minimum absolute atomic E-state index is 0.308. The van der Waals surface area contributed by atoms with Crippen molar-refractivity contribution < 1.29 is 4.79 Å². The zero-order chi connectivity index (χ0) is 14.2. The number of carbonyl (C=O) groups excluding carboxylic acids is 1. The van der Waals surface area contributed by atoms with Crippen molar-refractivity contribution in [1.29, 1.82) is 0 Å². The van der Waals surface area contributed by atoms with E-state index in [1.54, 1.807) is 0 Å². The molecule has 3 nitrogen and oxygen atoms in total. The highest BCUT2D eigenvalue weighted by atomic mass is 16.2. The number of rotatable bonds is 2. The van der Waals surface area contributed by atoms with Gasteiger partial charge in [-0.15, -0.1) is 0 Å². The first-order valence-electron chi connectivity index (χ1n) is 7.84. The number of amides is 1. The Morgan fingerprint density at radius 2 is 2.24 bits per heavy atom. The van der Waals surface area contributed by atoms with E-state index in [1.807, 2.05) is 4.90 Å². The average Bonchev–Trinajstić information content (AvgIpc) is 3.13. The maximum atomic E-state index is 12.5. The largest absolute Gasteiger partial charge is 0.358 e. The zero-order valence-corrected chi connectivity index (χ0v) is 12.1. The lowest BCUT2D eigenvalue weighted by molar-refractivity contribution is -0.132. The van der Waals surface area contributed by atoms with E-state index in [0.717, 1.165) is 32.4 Å². The van der Waals surface area contributed by atoms with Crippen molar-refractivity contribution in [2.75, 3.05) is 6.54 Å². The number of H-pyrrole nitrogens is 1. The Kier molecular flexibility index (Phi) is 3.06. The molecule has 0 unspecified atom stereocenters. The van der Waals surface area contributed by atoms with Gasteiger partial charge >= 0.3 is 0 Å². The molecule has 2 aliphatic rings. The van der Waals surface area contributed by atoms with E-state index in [9.17, 15) is 4.79 Å². The third-order valence-electron chi connectivity index (χ3n) is 4.78. The molecular weight excluding hydrogens is 260 g/mol. The van der Waals surface area contributed by atoms with Crippen LogP contribution in [0.1, 0.15) is 30.5 Å². The van der Waals surface area contributed by atoms with Crippen LogP contribution in [0.15, 0.2) is 36.4 Å². The van der Waals surface area contributed by atoms with Gasteiger partial charge in [0.15, 0.2) is 0 Å². The van der Waals surface area contributed by atoms with Gasteiger partial charge in [-0.25, -0.2) is 0 Å². The third kappa shape index (κ3) is 2.27. The fourth-order valence-corrected chi connectivity index (χ4v) is 3.60. The molecule has 3 heteroatoms. The molecule has 0 saturated heterocycles. The number of fused-ring (bicyclic) bond motifs is 3. The molecule has 1 amide bonds. The molecule has 1 N–H and O–H groups in total. The number of hydrogen-bond donors (Lipinski definition) is 1. The van der Waals surface area contributed by atoms with E-state index in [2.05, 4.69) is 41.4 Å². The van der Waals surface area contributed by atoms with Gasteiger partial charge in [0.25, 0.3) is 0 Å². The number of aromatic amines is 1. The molecular formula is C18H20N2O. The molecule has 21 heavy (non-hydrogen) atoms. The maximum absolute atomic E-state index is 12.5. The molecule has 0 radical (unpaired) electrons. The molecule has 0 bridgehead atoms. The van der Waals surface area contributed by atoms with Crippen molar-refractivity contribution in [3.05, 3.63) is 47.7 Å². The summed E-state index contributed by atoms with van der Waals surface area (Å²) in [5, 5.41) is 1.27. The Labute approximate surface area is 124 Å². The van der Waals surface area contributed by atoms with Gasteiger partial charge in [0.1, 0.15) is 0 Å².